The lowest BCUT2D eigenvalue weighted by molar-refractivity contribution is -0.118. The van der Waals surface area contributed by atoms with Gasteiger partial charge in [-0.2, -0.15) is 5.10 Å². The van der Waals surface area contributed by atoms with Gasteiger partial charge in [0.25, 0.3) is 0 Å². The van der Waals surface area contributed by atoms with Gasteiger partial charge in [0.1, 0.15) is 0 Å². The van der Waals surface area contributed by atoms with Crippen molar-refractivity contribution in [2.45, 2.75) is 12.8 Å². The van der Waals surface area contributed by atoms with Crippen molar-refractivity contribution >= 4 is 11.6 Å². The highest BCUT2D eigenvalue weighted by atomic mass is 16.1. The SMILES string of the molecule is Cn1ccc(N2CCCC(=O)C2)n1. The van der Waals surface area contributed by atoms with Crippen LogP contribution >= 0.6 is 0 Å². The van der Waals surface area contributed by atoms with Gasteiger partial charge >= 0.3 is 0 Å². The Bertz CT molecular complexity index is 318. The largest absolute Gasteiger partial charge is 0.348 e. The van der Waals surface area contributed by atoms with Crippen molar-refractivity contribution in [2.75, 3.05) is 18.0 Å². The molecule has 0 aliphatic carbocycles. The number of hydrogen-bond donors (Lipinski definition) is 0. The van der Waals surface area contributed by atoms with Crippen molar-refractivity contribution in [3.05, 3.63) is 12.3 Å². The predicted molar refractivity (Wildman–Crippen MR) is 49.7 cm³/mol. The van der Waals surface area contributed by atoms with Crippen LogP contribution in [0.3, 0.4) is 0 Å². The van der Waals surface area contributed by atoms with Crippen molar-refractivity contribution in [2.24, 2.45) is 7.05 Å². The molecule has 0 radical (unpaired) electrons. The zero-order valence-electron chi connectivity index (χ0n) is 7.73. The van der Waals surface area contributed by atoms with E-state index in [4.69, 9.17) is 0 Å². The topological polar surface area (TPSA) is 38.1 Å². The molecule has 1 aromatic heterocycles. The Morgan fingerprint density at radius 2 is 2.38 bits per heavy atom. The molecule has 2 heterocycles. The molecular weight excluding hydrogens is 166 g/mol. The van der Waals surface area contributed by atoms with E-state index < -0.39 is 0 Å². The summed E-state index contributed by atoms with van der Waals surface area (Å²) in [5.74, 6) is 1.23. The number of anilines is 1. The van der Waals surface area contributed by atoms with E-state index in [9.17, 15) is 4.79 Å². The Morgan fingerprint density at radius 3 is 3.00 bits per heavy atom. The van der Waals surface area contributed by atoms with Crippen LogP contribution in [0.5, 0.6) is 0 Å². The molecule has 2 rings (SSSR count). The zero-order chi connectivity index (χ0) is 9.26. The van der Waals surface area contributed by atoms with E-state index in [2.05, 4.69) is 5.10 Å². The fourth-order valence-electron chi connectivity index (χ4n) is 1.61. The molecule has 0 saturated carbocycles. The lowest BCUT2D eigenvalue weighted by Gasteiger charge is -2.25. The predicted octanol–water partition coefficient (Wildman–Crippen LogP) is 0.589. The number of nitrogens with zero attached hydrogens (tertiary/aromatic N) is 3. The number of aromatic nitrogens is 2. The second-order valence-corrected chi connectivity index (χ2v) is 3.41. The minimum atomic E-state index is 0.317. The number of hydrogen-bond acceptors (Lipinski definition) is 3. The van der Waals surface area contributed by atoms with Crippen LogP contribution in [-0.2, 0) is 11.8 Å². The number of ketones is 1. The Balaban J connectivity index is 2.12. The Labute approximate surface area is 77.1 Å². The van der Waals surface area contributed by atoms with Crippen LogP contribution in [0.4, 0.5) is 5.82 Å². The van der Waals surface area contributed by atoms with Gasteiger partial charge in [-0.15, -0.1) is 0 Å². The zero-order valence-corrected chi connectivity index (χ0v) is 7.73. The molecule has 4 nitrogen and oxygen atoms in total. The molecule has 4 heteroatoms. The Morgan fingerprint density at radius 1 is 1.54 bits per heavy atom. The maximum atomic E-state index is 11.2. The van der Waals surface area contributed by atoms with E-state index in [1.54, 1.807) is 4.68 Å². The minimum Gasteiger partial charge on any atom is -0.348 e. The van der Waals surface area contributed by atoms with Crippen molar-refractivity contribution in [3.63, 3.8) is 0 Å². The molecule has 13 heavy (non-hydrogen) atoms. The number of carbonyl (C=O) groups is 1. The number of Topliss-reactive ketones (excluding diaryl/α,β-unsaturated/α-hetero) is 1. The third-order valence-corrected chi connectivity index (χ3v) is 2.27. The average molecular weight is 179 g/mol. The Hall–Kier alpha value is -1.32. The summed E-state index contributed by atoms with van der Waals surface area (Å²) in [5.41, 5.74) is 0. The summed E-state index contributed by atoms with van der Waals surface area (Å²) in [6.45, 7) is 1.47. The van der Waals surface area contributed by atoms with Gasteiger partial charge in [0.2, 0.25) is 0 Å². The summed E-state index contributed by atoms with van der Waals surface area (Å²) < 4.78 is 1.76. The summed E-state index contributed by atoms with van der Waals surface area (Å²) >= 11 is 0. The van der Waals surface area contributed by atoms with Crippen LogP contribution in [0.1, 0.15) is 12.8 Å². The number of piperidine rings is 1. The van der Waals surface area contributed by atoms with E-state index in [-0.39, 0.29) is 0 Å². The third-order valence-electron chi connectivity index (χ3n) is 2.27. The summed E-state index contributed by atoms with van der Waals surface area (Å²) in [6, 6.07) is 1.94. The van der Waals surface area contributed by atoms with E-state index in [1.807, 2.05) is 24.2 Å². The highest BCUT2D eigenvalue weighted by molar-refractivity contribution is 5.84. The first-order valence-electron chi connectivity index (χ1n) is 4.52. The quantitative estimate of drug-likeness (QED) is 0.633. The maximum absolute atomic E-state index is 11.2. The molecule has 1 aliphatic heterocycles. The lowest BCUT2D eigenvalue weighted by Crippen LogP contribution is -2.35. The number of rotatable bonds is 1. The molecule has 0 atom stereocenters. The van der Waals surface area contributed by atoms with Gasteiger partial charge in [-0.3, -0.25) is 9.48 Å². The molecule has 1 fully saturated rings. The summed E-state index contributed by atoms with van der Waals surface area (Å²) in [7, 11) is 1.88. The first-order valence-corrected chi connectivity index (χ1v) is 4.52. The number of aryl methyl sites for hydroxylation is 1. The summed E-state index contributed by atoms with van der Waals surface area (Å²) in [5, 5.41) is 4.26. The summed E-state index contributed by atoms with van der Waals surface area (Å²) in [4.78, 5) is 13.2. The van der Waals surface area contributed by atoms with Gasteiger partial charge in [-0.1, -0.05) is 0 Å². The molecule has 0 aromatic carbocycles. The fraction of sp³-hybridized carbons (Fsp3) is 0.556. The Kier molecular flexibility index (Phi) is 2.04. The smallest absolute Gasteiger partial charge is 0.152 e. The minimum absolute atomic E-state index is 0.317. The van der Waals surface area contributed by atoms with E-state index in [1.165, 1.54) is 0 Å². The van der Waals surface area contributed by atoms with Crippen molar-refractivity contribution in [3.8, 4) is 0 Å². The maximum Gasteiger partial charge on any atom is 0.152 e. The lowest BCUT2D eigenvalue weighted by atomic mass is 10.1. The van der Waals surface area contributed by atoms with Crippen LogP contribution in [-0.4, -0.2) is 28.7 Å². The van der Waals surface area contributed by atoms with Gasteiger partial charge in [0.15, 0.2) is 11.6 Å². The highest BCUT2D eigenvalue weighted by Crippen LogP contribution is 2.14. The van der Waals surface area contributed by atoms with Gasteiger partial charge in [-0.05, 0) is 6.42 Å². The first kappa shape index (κ1) is 8.29. The summed E-state index contributed by atoms with van der Waals surface area (Å²) in [6.07, 6.45) is 3.58. The van der Waals surface area contributed by atoms with Gasteiger partial charge in [0.05, 0.1) is 6.54 Å². The molecule has 0 bridgehead atoms. The molecule has 1 aromatic rings. The van der Waals surface area contributed by atoms with E-state index in [0.717, 1.165) is 25.2 Å². The van der Waals surface area contributed by atoms with Gasteiger partial charge in [-0.25, -0.2) is 0 Å². The molecule has 0 unspecified atom stereocenters. The molecule has 0 N–H and O–H groups in total. The van der Waals surface area contributed by atoms with Crippen LogP contribution in [0, 0.1) is 0 Å². The standard InChI is InChI=1S/C9H13N3O/c1-11-6-4-9(10-11)12-5-2-3-8(13)7-12/h4,6H,2-3,5,7H2,1H3. The van der Waals surface area contributed by atoms with Gasteiger partial charge < -0.3 is 4.90 Å². The van der Waals surface area contributed by atoms with Crippen molar-refractivity contribution in [1.82, 2.24) is 9.78 Å². The van der Waals surface area contributed by atoms with Crippen LogP contribution < -0.4 is 4.90 Å². The average Bonchev–Trinajstić information content (AvgIpc) is 2.52. The van der Waals surface area contributed by atoms with Crippen LogP contribution in [0.25, 0.3) is 0 Å². The normalized spacial score (nSPS) is 17.9. The molecule has 0 amide bonds. The van der Waals surface area contributed by atoms with Crippen LogP contribution in [0.15, 0.2) is 12.3 Å². The molecule has 1 aliphatic rings. The molecule has 0 spiro atoms. The van der Waals surface area contributed by atoms with Crippen molar-refractivity contribution < 1.29 is 4.79 Å². The fourth-order valence-corrected chi connectivity index (χ4v) is 1.61. The van der Waals surface area contributed by atoms with E-state index in [0.29, 0.717) is 12.3 Å². The van der Waals surface area contributed by atoms with Crippen molar-refractivity contribution in [1.29, 1.82) is 0 Å². The molecule has 1 saturated heterocycles. The molecule has 70 valence electrons. The number of carbonyl (C=O) groups excluding carboxylic acids is 1. The third kappa shape index (κ3) is 1.71. The van der Waals surface area contributed by atoms with Crippen LogP contribution in [0.2, 0.25) is 0 Å². The second kappa shape index (κ2) is 3.20. The van der Waals surface area contributed by atoms with Gasteiger partial charge in [0, 0.05) is 32.3 Å². The monoisotopic (exact) mass is 179 g/mol. The first-order chi connectivity index (χ1) is 6.25. The second-order valence-electron chi connectivity index (χ2n) is 3.41. The molecular formula is C9H13N3O. The highest BCUT2D eigenvalue weighted by Gasteiger charge is 2.18. The van der Waals surface area contributed by atoms with E-state index >= 15 is 0 Å².